The molecule has 0 aliphatic rings. The van der Waals surface area contributed by atoms with Gasteiger partial charge in [0.1, 0.15) is 0 Å². The lowest BCUT2D eigenvalue weighted by Gasteiger charge is -2.06. The second-order valence-corrected chi connectivity index (χ2v) is 5.89. The van der Waals surface area contributed by atoms with E-state index in [0.717, 1.165) is 10.9 Å². The molecule has 0 atom stereocenters. The fraction of sp³-hybridized carbons (Fsp3) is 0.312. The van der Waals surface area contributed by atoms with Crippen molar-refractivity contribution < 1.29 is 4.79 Å². The van der Waals surface area contributed by atoms with Gasteiger partial charge in [-0.3, -0.25) is 4.79 Å². The van der Waals surface area contributed by atoms with E-state index in [2.05, 4.69) is 52.8 Å². The molecule has 20 heavy (non-hydrogen) atoms. The lowest BCUT2D eigenvalue weighted by atomic mass is 10.1. The molecular formula is C16H19BrN2O. The number of nitrogens with zero attached hydrogens (tertiary/aromatic N) is 1. The molecule has 1 amide bonds. The largest absolute Gasteiger partial charge is 0.352 e. The summed E-state index contributed by atoms with van der Waals surface area (Å²) in [5, 5.41) is 2.96. The Morgan fingerprint density at radius 3 is 2.65 bits per heavy atom. The number of carbonyl (C=O) groups excluding carboxylic acids is 1. The fourth-order valence-corrected chi connectivity index (χ4v) is 2.63. The number of nitrogens with one attached hydrogen (secondary N) is 1. The summed E-state index contributed by atoms with van der Waals surface area (Å²) in [5.74, 6) is -0.0309. The molecule has 2 aromatic rings. The number of carbonyl (C=O) groups is 1. The predicted molar refractivity (Wildman–Crippen MR) is 85.1 cm³/mol. The van der Waals surface area contributed by atoms with Crippen LogP contribution in [0.25, 0.3) is 0 Å². The number of aryl methyl sites for hydroxylation is 1. The summed E-state index contributed by atoms with van der Waals surface area (Å²) in [7, 11) is 2.06. The van der Waals surface area contributed by atoms with Crippen molar-refractivity contribution in [2.75, 3.05) is 6.54 Å². The van der Waals surface area contributed by atoms with Crippen molar-refractivity contribution in [3.63, 3.8) is 0 Å². The number of hydrogen-bond donors (Lipinski definition) is 1. The van der Waals surface area contributed by atoms with Gasteiger partial charge in [0, 0.05) is 35.0 Å². The predicted octanol–water partition coefficient (Wildman–Crippen LogP) is 3.38. The van der Waals surface area contributed by atoms with Crippen molar-refractivity contribution in [2.45, 2.75) is 20.3 Å². The summed E-state index contributed by atoms with van der Waals surface area (Å²) in [6.07, 6.45) is 0.854. The fourth-order valence-electron chi connectivity index (χ4n) is 2.23. The van der Waals surface area contributed by atoms with Gasteiger partial charge >= 0.3 is 0 Å². The number of amides is 1. The van der Waals surface area contributed by atoms with E-state index >= 15 is 0 Å². The molecule has 3 nitrogen and oxygen atoms in total. The average molecular weight is 335 g/mol. The second kappa shape index (κ2) is 6.27. The lowest BCUT2D eigenvalue weighted by Crippen LogP contribution is -2.25. The summed E-state index contributed by atoms with van der Waals surface area (Å²) in [5.41, 5.74) is 4.48. The zero-order chi connectivity index (χ0) is 14.7. The van der Waals surface area contributed by atoms with Crippen LogP contribution in [0.1, 0.15) is 27.3 Å². The molecule has 0 aliphatic heterocycles. The summed E-state index contributed by atoms with van der Waals surface area (Å²) in [6, 6.07) is 9.60. The molecule has 0 unspecified atom stereocenters. The van der Waals surface area contributed by atoms with E-state index in [-0.39, 0.29) is 5.91 Å². The van der Waals surface area contributed by atoms with Gasteiger partial charge in [0.15, 0.2) is 0 Å². The van der Waals surface area contributed by atoms with Crippen LogP contribution in [0.15, 0.2) is 34.8 Å². The van der Waals surface area contributed by atoms with Crippen LogP contribution in [0.4, 0.5) is 0 Å². The Hall–Kier alpha value is -1.55. The van der Waals surface area contributed by atoms with Crippen molar-refractivity contribution in [1.29, 1.82) is 0 Å². The quantitative estimate of drug-likeness (QED) is 0.913. The van der Waals surface area contributed by atoms with Gasteiger partial charge in [-0.15, -0.1) is 0 Å². The van der Waals surface area contributed by atoms with Gasteiger partial charge in [-0.05, 0) is 50.1 Å². The molecule has 4 heteroatoms. The lowest BCUT2D eigenvalue weighted by molar-refractivity contribution is 0.0954. The monoisotopic (exact) mass is 334 g/mol. The van der Waals surface area contributed by atoms with Gasteiger partial charge in [-0.25, -0.2) is 0 Å². The SMILES string of the molecule is Cc1cc(CCNC(=O)c2cccc(Br)c2)c(C)n1C. The van der Waals surface area contributed by atoms with Crippen LogP contribution in [0.5, 0.6) is 0 Å². The molecule has 1 heterocycles. The maximum absolute atomic E-state index is 12.0. The van der Waals surface area contributed by atoms with E-state index in [1.54, 1.807) is 0 Å². The minimum Gasteiger partial charge on any atom is -0.352 e. The van der Waals surface area contributed by atoms with Crippen LogP contribution in [0.3, 0.4) is 0 Å². The van der Waals surface area contributed by atoms with E-state index in [9.17, 15) is 4.79 Å². The number of aromatic nitrogens is 1. The van der Waals surface area contributed by atoms with Crippen molar-refractivity contribution in [2.24, 2.45) is 7.05 Å². The first-order valence-corrected chi connectivity index (χ1v) is 7.44. The zero-order valence-corrected chi connectivity index (χ0v) is 13.6. The van der Waals surface area contributed by atoms with Crippen LogP contribution < -0.4 is 5.32 Å². The Kier molecular flexibility index (Phi) is 4.65. The van der Waals surface area contributed by atoms with Gasteiger partial charge in [0.05, 0.1) is 0 Å². The molecule has 2 rings (SSSR count). The first-order valence-electron chi connectivity index (χ1n) is 6.64. The maximum atomic E-state index is 12.0. The first-order chi connectivity index (χ1) is 9.49. The molecule has 0 aliphatic carbocycles. The highest BCUT2D eigenvalue weighted by Gasteiger charge is 2.08. The topological polar surface area (TPSA) is 34.0 Å². The molecule has 0 saturated heterocycles. The summed E-state index contributed by atoms with van der Waals surface area (Å²) in [4.78, 5) is 12.0. The molecule has 106 valence electrons. The van der Waals surface area contributed by atoms with Crippen molar-refractivity contribution in [3.8, 4) is 0 Å². The van der Waals surface area contributed by atoms with Gasteiger partial charge in [0.25, 0.3) is 5.91 Å². The standard InChI is InChI=1S/C16H19BrN2O/c1-11-9-13(12(2)19(11)3)7-8-18-16(20)14-5-4-6-15(17)10-14/h4-6,9-10H,7-8H2,1-3H3,(H,18,20). The molecular weight excluding hydrogens is 316 g/mol. The summed E-state index contributed by atoms with van der Waals surface area (Å²) >= 11 is 3.37. The Balaban J connectivity index is 1.93. The third kappa shape index (κ3) is 3.31. The molecule has 0 bridgehead atoms. The Labute approximate surface area is 128 Å². The van der Waals surface area contributed by atoms with Crippen LogP contribution in [-0.4, -0.2) is 17.0 Å². The highest BCUT2D eigenvalue weighted by atomic mass is 79.9. The third-order valence-corrected chi connectivity index (χ3v) is 4.14. The van der Waals surface area contributed by atoms with Gasteiger partial charge in [0.2, 0.25) is 0 Å². The summed E-state index contributed by atoms with van der Waals surface area (Å²) < 4.78 is 3.09. The van der Waals surface area contributed by atoms with E-state index in [0.29, 0.717) is 12.1 Å². The third-order valence-electron chi connectivity index (χ3n) is 3.65. The van der Waals surface area contributed by atoms with Crippen molar-refractivity contribution in [3.05, 3.63) is 57.3 Å². The Morgan fingerprint density at radius 2 is 2.05 bits per heavy atom. The van der Waals surface area contributed by atoms with Crippen molar-refractivity contribution in [1.82, 2.24) is 9.88 Å². The molecule has 1 aromatic carbocycles. The highest BCUT2D eigenvalue weighted by molar-refractivity contribution is 9.10. The highest BCUT2D eigenvalue weighted by Crippen LogP contribution is 2.14. The number of benzene rings is 1. The Morgan fingerprint density at radius 1 is 1.30 bits per heavy atom. The smallest absolute Gasteiger partial charge is 0.251 e. The molecule has 0 saturated carbocycles. The molecule has 0 spiro atoms. The average Bonchev–Trinajstić information content (AvgIpc) is 2.66. The van der Waals surface area contributed by atoms with Crippen LogP contribution in [-0.2, 0) is 13.5 Å². The zero-order valence-electron chi connectivity index (χ0n) is 12.0. The van der Waals surface area contributed by atoms with E-state index in [1.165, 1.54) is 17.0 Å². The molecule has 1 aromatic heterocycles. The van der Waals surface area contributed by atoms with Crippen LogP contribution >= 0.6 is 15.9 Å². The minimum atomic E-state index is -0.0309. The number of halogens is 1. The molecule has 0 fully saturated rings. The van der Waals surface area contributed by atoms with E-state index < -0.39 is 0 Å². The maximum Gasteiger partial charge on any atom is 0.251 e. The minimum absolute atomic E-state index is 0.0309. The van der Waals surface area contributed by atoms with E-state index in [1.807, 2.05) is 24.3 Å². The normalized spacial score (nSPS) is 10.6. The Bertz CT molecular complexity index is 631. The first kappa shape index (κ1) is 14.9. The van der Waals surface area contributed by atoms with Gasteiger partial charge in [-0.1, -0.05) is 22.0 Å². The van der Waals surface area contributed by atoms with E-state index in [4.69, 9.17) is 0 Å². The van der Waals surface area contributed by atoms with Crippen LogP contribution in [0, 0.1) is 13.8 Å². The summed E-state index contributed by atoms with van der Waals surface area (Å²) in [6.45, 7) is 4.85. The van der Waals surface area contributed by atoms with Crippen LogP contribution in [0.2, 0.25) is 0 Å². The van der Waals surface area contributed by atoms with Gasteiger partial charge < -0.3 is 9.88 Å². The number of hydrogen-bond acceptors (Lipinski definition) is 1. The molecule has 1 N–H and O–H groups in total. The second-order valence-electron chi connectivity index (χ2n) is 4.97. The number of rotatable bonds is 4. The molecule has 0 radical (unpaired) electrons. The van der Waals surface area contributed by atoms with Gasteiger partial charge in [-0.2, -0.15) is 0 Å². The van der Waals surface area contributed by atoms with Crippen molar-refractivity contribution >= 4 is 21.8 Å².